The van der Waals surface area contributed by atoms with Crippen LogP contribution in [-0.4, -0.2) is 39.0 Å². The second-order valence-electron chi connectivity index (χ2n) is 6.28. The predicted octanol–water partition coefficient (Wildman–Crippen LogP) is 1.53. The summed E-state index contributed by atoms with van der Waals surface area (Å²) in [6, 6.07) is 1.89. The second-order valence-corrected chi connectivity index (χ2v) is 8.14. The fraction of sp³-hybridized carbons (Fsp3) is 0.533. The van der Waals surface area contributed by atoms with Crippen LogP contribution in [0, 0.1) is 13.8 Å². The Bertz CT molecular complexity index is 825. The summed E-state index contributed by atoms with van der Waals surface area (Å²) in [6.07, 6.45) is 4.40. The SMILES string of the molecule is Cc1cc(C)nc(C2(C)CCCN2S(=O)(=O)c2cnn(C)c2)n1. The van der Waals surface area contributed by atoms with Crippen LogP contribution in [0.4, 0.5) is 0 Å². The van der Waals surface area contributed by atoms with Gasteiger partial charge in [-0.1, -0.05) is 0 Å². The van der Waals surface area contributed by atoms with E-state index in [4.69, 9.17) is 0 Å². The molecule has 0 radical (unpaired) electrons. The fourth-order valence-corrected chi connectivity index (χ4v) is 4.97. The van der Waals surface area contributed by atoms with Crippen LogP contribution in [0.25, 0.3) is 0 Å². The molecule has 1 atom stereocenters. The lowest BCUT2D eigenvalue weighted by molar-refractivity contribution is 0.254. The maximum Gasteiger partial charge on any atom is 0.247 e. The molecule has 0 saturated carbocycles. The smallest absolute Gasteiger partial charge is 0.247 e. The molecule has 0 bridgehead atoms. The number of nitrogens with zero attached hydrogens (tertiary/aromatic N) is 5. The Labute approximate surface area is 136 Å². The van der Waals surface area contributed by atoms with Gasteiger partial charge in [0.15, 0.2) is 0 Å². The molecule has 1 aliphatic heterocycles. The Morgan fingerprint density at radius 3 is 2.43 bits per heavy atom. The normalized spacial score (nSPS) is 22.6. The van der Waals surface area contributed by atoms with Gasteiger partial charge in [0.2, 0.25) is 10.0 Å². The van der Waals surface area contributed by atoms with Crippen molar-refractivity contribution in [3.63, 3.8) is 0 Å². The Kier molecular flexibility index (Phi) is 3.76. The third-order valence-corrected chi connectivity index (χ3v) is 6.28. The van der Waals surface area contributed by atoms with Gasteiger partial charge in [-0.25, -0.2) is 18.4 Å². The summed E-state index contributed by atoms with van der Waals surface area (Å²) in [7, 11) is -1.93. The van der Waals surface area contributed by atoms with Gasteiger partial charge in [0.25, 0.3) is 0 Å². The van der Waals surface area contributed by atoms with Gasteiger partial charge in [-0.2, -0.15) is 9.40 Å². The molecule has 1 unspecified atom stereocenters. The zero-order chi connectivity index (χ0) is 16.8. The first-order chi connectivity index (χ1) is 10.7. The first-order valence-corrected chi connectivity index (χ1v) is 9.02. The standard InChI is InChI=1S/C15H21N5O2S/c1-11-8-12(2)18-14(17-11)15(3)6-5-7-20(15)23(21,22)13-9-16-19(4)10-13/h8-10H,5-7H2,1-4H3. The molecule has 7 nitrogen and oxygen atoms in total. The Balaban J connectivity index is 2.09. The molecule has 0 aliphatic carbocycles. The third kappa shape index (κ3) is 2.66. The van der Waals surface area contributed by atoms with Crippen LogP contribution in [0.5, 0.6) is 0 Å². The predicted molar refractivity (Wildman–Crippen MR) is 85.2 cm³/mol. The highest BCUT2D eigenvalue weighted by molar-refractivity contribution is 7.89. The van der Waals surface area contributed by atoms with E-state index in [0.29, 0.717) is 18.8 Å². The first-order valence-electron chi connectivity index (χ1n) is 7.58. The number of hydrogen-bond donors (Lipinski definition) is 0. The molecule has 0 N–H and O–H groups in total. The minimum Gasteiger partial charge on any atom is -0.274 e. The third-order valence-electron chi connectivity index (χ3n) is 4.31. The zero-order valence-corrected chi connectivity index (χ0v) is 14.6. The highest BCUT2D eigenvalue weighted by Crippen LogP contribution is 2.40. The number of sulfonamides is 1. The van der Waals surface area contributed by atoms with Crippen LogP contribution in [0.15, 0.2) is 23.4 Å². The van der Waals surface area contributed by atoms with Gasteiger partial charge >= 0.3 is 0 Å². The van der Waals surface area contributed by atoms with Gasteiger partial charge in [-0.15, -0.1) is 0 Å². The lowest BCUT2D eigenvalue weighted by Crippen LogP contribution is -2.44. The largest absolute Gasteiger partial charge is 0.274 e. The van der Waals surface area contributed by atoms with Gasteiger partial charge in [0, 0.05) is 31.2 Å². The maximum atomic E-state index is 13.0. The summed E-state index contributed by atoms with van der Waals surface area (Å²) in [5, 5.41) is 3.98. The summed E-state index contributed by atoms with van der Waals surface area (Å²) in [4.78, 5) is 9.23. The summed E-state index contributed by atoms with van der Waals surface area (Å²) in [5.74, 6) is 0.569. The van der Waals surface area contributed by atoms with Crippen LogP contribution >= 0.6 is 0 Å². The van der Waals surface area contributed by atoms with E-state index >= 15 is 0 Å². The minimum absolute atomic E-state index is 0.206. The molecule has 3 heterocycles. The van der Waals surface area contributed by atoms with Crippen molar-refractivity contribution in [2.24, 2.45) is 7.05 Å². The van der Waals surface area contributed by atoms with Crippen molar-refractivity contribution in [1.82, 2.24) is 24.1 Å². The second kappa shape index (κ2) is 5.38. The van der Waals surface area contributed by atoms with E-state index in [1.54, 1.807) is 7.05 Å². The molecular formula is C15H21N5O2S. The summed E-state index contributed by atoms with van der Waals surface area (Å²) < 4.78 is 29.1. The van der Waals surface area contributed by atoms with E-state index in [1.165, 1.54) is 21.4 Å². The lowest BCUT2D eigenvalue weighted by atomic mass is 9.99. The highest BCUT2D eigenvalue weighted by Gasteiger charge is 2.47. The van der Waals surface area contributed by atoms with Gasteiger partial charge in [-0.3, -0.25) is 4.68 Å². The monoisotopic (exact) mass is 335 g/mol. The summed E-state index contributed by atoms with van der Waals surface area (Å²) >= 11 is 0. The van der Waals surface area contributed by atoms with Crippen molar-refractivity contribution in [3.8, 4) is 0 Å². The molecule has 0 spiro atoms. The summed E-state index contributed by atoms with van der Waals surface area (Å²) in [5.41, 5.74) is 0.963. The molecule has 0 amide bonds. The first kappa shape index (κ1) is 16.1. The fourth-order valence-electron chi connectivity index (χ4n) is 3.17. The molecular weight excluding hydrogens is 314 g/mol. The molecule has 1 saturated heterocycles. The van der Waals surface area contributed by atoms with Crippen molar-refractivity contribution < 1.29 is 8.42 Å². The van der Waals surface area contributed by atoms with Crippen molar-refractivity contribution in [2.75, 3.05) is 6.54 Å². The summed E-state index contributed by atoms with van der Waals surface area (Å²) in [6.45, 7) is 6.17. The average molecular weight is 335 g/mol. The Hall–Kier alpha value is -1.80. The van der Waals surface area contributed by atoms with E-state index in [2.05, 4.69) is 15.1 Å². The molecule has 23 heavy (non-hydrogen) atoms. The molecule has 0 aromatic carbocycles. The average Bonchev–Trinajstić information content (AvgIpc) is 3.05. The molecule has 2 aromatic heterocycles. The molecule has 8 heteroatoms. The van der Waals surface area contributed by atoms with Crippen LogP contribution in [0.3, 0.4) is 0 Å². The van der Waals surface area contributed by atoms with Crippen LogP contribution in [0.1, 0.15) is 37.0 Å². The van der Waals surface area contributed by atoms with Crippen molar-refractivity contribution >= 4 is 10.0 Å². The lowest BCUT2D eigenvalue weighted by Gasteiger charge is -2.32. The van der Waals surface area contributed by atoms with Crippen molar-refractivity contribution in [2.45, 2.75) is 44.0 Å². The molecule has 124 valence electrons. The molecule has 2 aromatic rings. The van der Waals surface area contributed by atoms with E-state index in [9.17, 15) is 8.42 Å². The van der Waals surface area contributed by atoms with Crippen LogP contribution in [-0.2, 0) is 22.6 Å². The van der Waals surface area contributed by atoms with E-state index in [1.807, 2.05) is 26.8 Å². The molecule has 1 fully saturated rings. The molecule has 3 rings (SSSR count). The maximum absolute atomic E-state index is 13.0. The van der Waals surface area contributed by atoms with E-state index in [0.717, 1.165) is 17.8 Å². The topological polar surface area (TPSA) is 81.0 Å². The Morgan fingerprint density at radius 1 is 1.22 bits per heavy atom. The van der Waals surface area contributed by atoms with Gasteiger partial charge in [0.1, 0.15) is 10.7 Å². The van der Waals surface area contributed by atoms with Gasteiger partial charge < -0.3 is 0 Å². The van der Waals surface area contributed by atoms with Crippen molar-refractivity contribution in [1.29, 1.82) is 0 Å². The number of aromatic nitrogens is 4. The number of rotatable bonds is 3. The number of aryl methyl sites for hydroxylation is 3. The van der Waals surface area contributed by atoms with Crippen LogP contribution in [0.2, 0.25) is 0 Å². The number of hydrogen-bond acceptors (Lipinski definition) is 5. The molecule has 1 aliphatic rings. The quantitative estimate of drug-likeness (QED) is 0.849. The van der Waals surface area contributed by atoms with Crippen molar-refractivity contribution in [3.05, 3.63) is 35.7 Å². The van der Waals surface area contributed by atoms with E-state index < -0.39 is 15.6 Å². The van der Waals surface area contributed by atoms with Crippen LogP contribution < -0.4 is 0 Å². The van der Waals surface area contributed by atoms with Gasteiger partial charge in [0.05, 0.1) is 11.7 Å². The minimum atomic E-state index is -3.63. The van der Waals surface area contributed by atoms with E-state index in [-0.39, 0.29) is 4.90 Å². The van der Waals surface area contributed by atoms with Gasteiger partial charge in [-0.05, 0) is 39.7 Å². The zero-order valence-electron chi connectivity index (χ0n) is 13.8. The highest BCUT2D eigenvalue weighted by atomic mass is 32.2. The Morgan fingerprint density at radius 2 is 1.87 bits per heavy atom.